The van der Waals surface area contributed by atoms with Crippen LogP contribution < -0.4 is 0 Å². The molecule has 1 aromatic rings. The summed E-state index contributed by atoms with van der Waals surface area (Å²) in [6.07, 6.45) is 6.42. The van der Waals surface area contributed by atoms with Crippen LogP contribution in [0.25, 0.3) is 6.08 Å². The second-order valence-electron chi connectivity index (χ2n) is 8.19. The molecule has 0 spiro atoms. The molecule has 110 valence electrons. The van der Waals surface area contributed by atoms with E-state index in [0.717, 1.165) is 17.8 Å². The molecule has 4 atom stereocenters. The molecule has 0 aliphatic heterocycles. The van der Waals surface area contributed by atoms with E-state index in [1.54, 1.807) is 11.1 Å². The fourth-order valence-electron chi connectivity index (χ4n) is 5.59. The zero-order valence-corrected chi connectivity index (χ0v) is 13.9. The predicted molar refractivity (Wildman–Crippen MR) is 89.9 cm³/mol. The summed E-state index contributed by atoms with van der Waals surface area (Å²) in [6, 6.07) is 8.96. The van der Waals surface area contributed by atoms with Gasteiger partial charge in [-0.05, 0) is 47.8 Å². The SMILES string of the molecule is Cc1ccc(/C=C2/C3=CC4(C)C2CC(C(C)C)C34C)cc1. The third-order valence-corrected chi connectivity index (χ3v) is 6.97. The molecule has 21 heavy (non-hydrogen) atoms. The Kier molecular flexibility index (Phi) is 2.49. The molecule has 0 radical (unpaired) electrons. The second-order valence-corrected chi connectivity index (χ2v) is 8.19. The van der Waals surface area contributed by atoms with E-state index < -0.39 is 0 Å². The number of benzene rings is 1. The first-order chi connectivity index (χ1) is 9.88. The van der Waals surface area contributed by atoms with Crippen molar-refractivity contribution >= 4 is 6.08 Å². The normalized spacial score (nSPS) is 41.6. The number of hydrogen-bond acceptors (Lipinski definition) is 0. The van der Waals surface area contributed by atoms with Crippen LogP contribution in [0.4, 0.5) is 0 Å². The van der Waals surface area contributed by atoms with Gasteiger partial charge in [0.25, 0.3) is 0 Å². The molecule has 2 fully saturated rings. The van der Waals surface area contributed by atoms with Crippen LogP contribution in [0, 0.1) is 35.5 Å². The average Bonchev–Trinajstić information content (AvgIpc) is 2.87. The van der Waals surface area contributed by atoms with Gasteiger partial charge in [0.1, 0.15) is 0 Å². The first-order valence-corrected chi connectivity index (χ1v) is 8.40. The minimum Gasteiger partial charge on any atom is -0.0730 e. The molecule has 1 aromatic carbocycles. The van der Waals surface area contributed by atoms with Crippen LogP contribution in [-0.2, 0) is 0 Å². The molecule has 3 aliphatic carbocycles. The van der Waals surface area contributed by atoms with Crippen LogP contribution in [0.15, 0.2) is 41.5 Å². The summed E-state index contributed by atoms with van der Waals surface area (Å²) in [5.74, 6) is 2.41. The molecule has 0 N–H and O–H groups in total. The Morgan fingerprint density at radius 2 is 1.81 bits per heavy atom. The summed E-state index contributed by atoms with van der Waals surface area (Å²) >= 11 is 0. The predicted octanol–water partition coefficient (Wildman–Crippen LogP) is 5.64. The van der Waals surface area contributed by atoms with Crippen molar-refractivity contribution in [3.63, 3.8) is 0 Å². The molecule has 0 heteroatoms. The van der Waals surface area contributed by atoms with E-state index in [2.05, 4.69) is 71.0 Å². The standard InChI is InChI=1S/C21H26/c1-13(2)17-11-18-16(10-15-8-6-14(3)7-9-15)19-12-20(18,4)21(17,19)5/h6-10,12-13,17-18H,11H2,1-5H3/b16-10+. The average molecular weight is 278 g/mol. The van der Waals surface area contributed by atoms with E-state index in [1.807, 2.05) is 0 Å². The second kappa shape index (κ2) is 3.91. The van der Waals surface area contributed by atoms with Crippen molar-refractivity contribution in [2.75, 3.05) is 0 Å². The number of rotatable bonds is 2. The first kappa shape index (κ1) is 13.4. The van der Waals surface area contributed by atoms with Gasteiger partial charge in [0.2, 0.25) is 0 Å². The maximum atomic E-state index is 2.58. The van der Waals surface area contributed by atoms with E-state index >= 15 is 0 Å². The summed E-state index contributed by atoms with van der Waals surface area (Å²) in [6.45, 7) is 12.0. The van der Waals surface area contributed by atoms with Crippen molar-refractivity contribution in [1.82, 2.24) is 0 Å². The number of allylic oxidation sites excluding steroid dienone is 3. The zero-order chi connectivity index (χ0) is 15.0. The maximum absolute atomic E-state index is 2.58. The van der Waals surface area contributed by atoms with E-state index in [9.17, 15) is 0 Å². The van der Waals surface area contributed by atoms with Gasteiger partial charge in [0, 0.05) is 10.8 Å². The Labute approximate surface area is 129 Å². The molecule has 4 bridgehead atoms. The van der Waals surface area contributed by atoms with Gasteiger partial charge in [-0.25, -0.2) is 0 Å². The van der Waals surface area contributed by atoms with Crippen LogP contribution in [0.3, 0.4) is 0 Å². The lowest BCUT2D eigenvalue weighted by Crippen LogP contribution is -2.43. The molecule has 4 unspecified atom stereocenters. The Hall–Kier alpha value is -1.30. The van der Waals surface area contributed by atoms with Crippen molar-refractivity contribution in [1.29, 1.82) is 0 Å². The van der Waals surface area contributed by atoms with Crippen molar-refractivity contribution in [2.45, 2.75) is 41.0 Å². The van der Waals surface area contributed by atoms with Crippen molar-refractivity contribution in [2.24, 2.45) is 28.6 Å². The Morgan fingerprint density at radius 3 is 2.38 bits per heavy atom. The monoisotopic (exact) mass is 278 g/mol. The maximum Gasteiger partial charge on any atom is 0.00498 e. The molecule has 0 saturated heterocycles. The highest BCUT2D eigenvalue weighted by atomic mass is 14.8. The van der Waals surface area contributed by atoms with Crippen LogP contribution in [0.1, 0.15) is 45.2 Å². The lowest BCUT2D eigenvalue weighted by Gasteiger charge is -2.50. The smallest absolute Gasteiger partial charge is 0.00498 e. The van der Waals surface area contributed by atoms with Gasteiger partial charge in [-0.3, -0.25) is 0 Å². The molecule has 0 amide bonds. The Balaban J connectivity index is 1.74. The van der Waals surface area contributed by atoms with E-state index in [0.29, 0.717) is 10.8 Å². The van der Waals surface area contributed by atoms with Gasteiger partial charge in [-0.1, -0.05) is 69.7 Å². The van der Waals surface area contributed by atoms with E-state index in [-0.39, 0.29) is 0 Å². The van der Waals surface area contributed by atoms with Gasteiger partial charge in [-0.15, -0.1) is 0 Å². The van der Waals surface area contributed by atoms with E-state index in [1.165, 1.54) is 17.5 Å². The van der Waals surface area contributed by atoms with Crippen molar-refractivity contribution in [3.8, 4) is 0 Å². The summed E-state index contributed by atoms with van der Waals surface area (Å²) in [5.41, 5.74) is 6.87. The molecular formula is C21H26. The minimum absolute atomic E-state index is 0.424. The summed E-state index contributed by atoms with van der Waals surface area (Å²) in [5, 5.41) is 0. The van der Waals surface area contributed by atoms with Gasteiger partial charge in [-0.2, -0.15) is 0 Å². The summed E-state index contributed by atoms with van der Waals surface area (Å²) in [4.78, 5) is 0. The Morgan fingerprint density at radius 1 is 1.14 bits per heavy atom. The van der Waals surface area contributed by atoms with E-state index in [4.69, 9.17) is 0 Å². The molecule has 2 saturated carbocycles. The lowest BCUT2D eigenvalue weighted by molar-refractivity contribution is 0.106. The molecule has 0 aromatic heterocycles. The van der Waals surface area contributed by atoms with Crippen molar-refractivity contribution < 1.29 is 0 Å². The molecule has 0 heterocycles. The number of hydrogen-bond donors (Lipinski definition) is 0. The first-order valence-electron chi connectivity index (χ1n) is 8.40. The molecule has 4 rings (SSSR count). The molecular weight excluding hydrogens is 252 g/mol. The molecule has 0 nitrogen and oxygen atoms in total. The summed E-state index contributed by atoms with van der Waals surface area (Å²) < 4.78 is 0. The van der Waals surface area contributed by atoms with Gasteiger partial charge < -0.3 is 0 Å². The highest BCUT2D eigenvalue weighted by Gasteiger charge is 2.72. The fraction of sp³-hybridized carbons (Fsp3) is 0.524. The Bertz CT molecular complexity index is 658. The lowest BCUT2D eigenvalue weighted by atomic mass is 9.54. The van der Waals surface area contributed by atoms with Gasteiger partial charge in [0.15, 0.2) is 0 Å². The quantitative estimate of drug-likeness (QED) is 0.657. The van der Waals surface area contributed by atoms with Crippen molar-refractivity contribution in [3.05, 3.63) is 52.6 Å². The highest BCUT2D eigenvalue weighted by molar-refractivity contribution is 5.71. The largest absolute Gasteiger partial charge is 0.0730 e. The fourth-order valence-corrected chi connectivity index (χ4v) is 5.59. The van der Waals surface area contributed by atoms with Gasteiger partial charge >= 0.3 is 0 Å². The zero-order valence-electron chi connectivity index (χ0n) is 13.9. The van der Waals surface area contributed by atoms with Crippen LogP contribution >= 0.6 is 0 Å². The molecule has 3 aliphatic rings. The third kappa shape index (κ3) is 1.42. The number of aryl methyl sites for hydroxylation is 1. The topological polar surface area (TPSA) is 0 Å². The summed E-state index contributed by atoms with van der Waals surface area (Å²) in [7, 11) is 0. The third-order valence-electron chi connectivity index (χ3n) is 6.97. The van der Waals surface area contributed by atoms with Gasteiger partial charge in [0.05, 0.1) is 0 Å². The minimum atomic E-state index is 0.424. The van der Waals surface area contributed by atoms with Crippen LogP contribution in [0.5, 0.6) is 0 Å². The van der Waals surface area contributed by atoms with Crippen LogP contribution in [0.2, 0.25) is 0 Å². The van der Waals surface area contributed by atoms with Crippen LogP contribution in [-0.4, -0.2) is 0 Å². The highest BCUT2D eigenvalue weighted by Crippen LogP contribution is 2.80.